The minimum Gasteiger partial charge on any atom is -0.486 e. The molecule has 0 amide bonds. The SMILES string of the molecule is N#Cc1ccccc1COc1c(N)cc(F)cc1Br. The summed E-state index contributed by atoms with van der Waals surface area (Å²) in [5.41, 5.74) is 7.20. The van der Waals surface area contributed by atoms with Gasteiger partial charge in [0, 0.05) is 11.6 Å². The first kappa shape index (κ1) is 13.4. The van der Waals surface area contributed by atoms with Crippen molar-refractivity contribution < 1.29 is 9.13 Å². The van der Waals surface area contributed by atoms with Crippen molar-refractivity contribution in [1.29, 1.82) is 5.26 Å². The Balaban J connectivity index is 2.22. The maximum atomic E-state index is 13.1. The summed E-state index contributed by atoms with van der Waals surface area (Å²) in [6.07, 6.45) is 0. The summed E-state index contributed by atoms with van der Waals surface area (Å²) < 4.78 is 19.1. The Morgan fingerprint density at radius 2 is 2.05 bits per heavy atom. The van der Waals surface area contributed by atoms with Crippen LogP contribution in [0.1, 0.15) is 11.1 Å². The van der Waals surface area contributed by atoms with Crippen LogP contribution in [0.3, 0.4) is 0 Å². The normalized spacial score (nSPS) is 9.95. The van der Waals surface area contributed by atoms with E-state index in [9.17, 15) is 4.39 Å². The minimum atomic E-state index is -0.436. The van der Waals surface area contributed by atoms with Gasteiger partial charge in [0.15, 0.2) is 5.75 Å². The summed E-state index contributed by atoms with van der Waals surface area (Å²) >= 11 is 3.20. The molecule has 0 unspecified atom stereocenters. The predicted molar refractivity (Wildman–Crippen MR) is 74.0 cm³/mol. The van der Waals surface area contributed by atoms with Crippen LogP contribution in [0.15, 0.2) is 40.9 Å². The average molecular weight is 321 g/mol. The molecule has 0 radical (unpaired) electrons. The van der Waals surface area contributed by atoms with Crippen LogP contribution < -0.4 is 10.5 Å². The van der Waals surface area contributed by atoms with E-state index >= 15 is 0 Å². The quantitative estimate of drug-likeness (QED) is 0.879. The highest BCUT2D eigenvalue weighted by Crippen LogP contribution is 2.33. The molecule has 2 aromatic rings. The van der Waals surface area contributed by atoms with Crippen molar-refractivity contribution in [3.63, 3.8) is 0 Å². The van der Waals surface area contributed by atoms with E-state index in [0.29, 0.717) is 15.8 Å². The molecule has 19 heavy (non-hydrogen) atoms. The van der Waals surface area contributed by atoms with Crippen LogP contribution in [-0.4, -0.2) is 0 Å². The highest BCUT2D eigenvalue weighted by Gasteiger charge is 2.10. The summed E-state index contributed by atoms with van der Waals surface area (Å²) in [4.78, 5) is 0. The summed E-state index contributed by atoms with van der Waals surface area (Å²) in [6.45, 7) is 0.193. The lowest BCUT2D eigenvalue weighted by Gasteiger charge is -2.11. The molecule has 0 aromatic heterocycles. The fraction of sp³-hybridized carbons (Fsp3) is 0.0714. The van der Waals surface area contributed by atoms with E-state index in [1.807, 2.05) is 6.07 Å². The molecular formula is C14H10BrFN2O. The second-order valence-electron chi connectivity index (χ2n) is 3.86. The Morgan fingerprint density at radius 1 is 1.32 bits per heavy atom. The number of nitriles is 1. The zero-order valence-electron chi connectivity index (χ0n) is 9.86. The zero-order valence-corrected chi connectivity index (χ0v) is 11.4. The lowest BCUT2D eigenvalue weighted by atomic mass is 10.1. The summed E-state index contributed by atoms with van der Waals surface area (Å²) in [6, 6.07) is 11.7. The molecule has 2 rings (SSSR count). The number of rotatable bonds is 3. The highest BCUT2D eigenvalue weighted by atomic mass is 79.9. The Hall–Kier alpha value is -2.06. The standard InChI is InChI=1S/C14H10BrFN2O/c15-12-5-11(16)6-13(18)14(12)19-8-10-4-2-1-3-9(10)7-17/h1-6H,8,18H2. The van der Waals surface area contributed by atoms with Crippen molar-refractivity contribution in [3.8, 4) is 11.8 Å². The molecule has 0 bridgehead atoms. The first-order valence-electron chi connectivity index (χ1n) is 5.47. The number of anilines is 1. The summed E-state index contributed by atoms with van der Waals surface area (Å²) in [5, 5.41) is 8.97. The molecule has 0 heterocycles. The number of halogens is 2. The molecule has 96 valence electrons. The molecule has 3 nitrogen and oxygen atoms in total. The fourth-order valence-corrected chi connectivity index (χ4v) is 2.20. The van der Waals surface area contributed by atoms with Gasteiger partial charge >= 0.3 is 0 Å². The van der Waals surface area contributed by atoms with Crippen molar-refractivity contribution in [2.24, 2.45) is 0 Å². The maximum Gasteiger partial charge on any atom is 0.157 e. The average Bonchev–Trinajstić information content (AvgIpc) is 2.38. The molecule has 5 heteroatoms. The molecule has 0 saturated carbocycles. The molecule has 0 aliphatic rings. The molecule has 2 N–H and O–H groups in total. The maximum absolute atomic E-state index is 13.1. The van der Waals surface area contributed by atoms with E-state index in [1.165, 1.54) is 12.1 Å². The Morgan fingerprint density at radius 3 is 2.74 bits per heavy atom. The molecule has 0 saturated heterocycles. The van der Waals surface area contributed by atoms with Gasteiger partial charge in [0.25, 0.3) is 0 Å². The molecule has 2 aromatic carbocycles. The van der Waals surface area contributed by atoms with Crippen LogP contribution in [0.25, 0.3) is 0 Å². The van der Waals surface area contributed by atoms with Gasteiger partial charge in [-0.05, 0) is 28.1 Å². The van der Waals surface area contributed by atoms with E-state index in [4.69, 9.17) is 15.7 Å². The largest absolute Gasteiger partial charge is 0.486 e. The summed E-state index contributed by atoms with van der Waals surface area (Å²) in [7, 11) is 0. The second kappa shape index (κ2) is 5.72. The van der Waals surface area contributed by atoms with Crippen LogP contribution in [0.2, 0.25) is 0 Å². The summed E-state index contributed by atoms with van der Waals surface area (Å²) in [5.74, 6) is -0.0664. The fourth-order valence-electron chi connectivity index (χ4n) is 1.64. The van der Waals surface area contributed by atoms with Gasteiger partial charge in [-0.2, -0.15) is 5.26 Å². The number of nitrogen functional groups attached to an aromatic ring is 1. The minimum absolute atomic E-state index is 0.193. The first-order chi connectivity index (χ1) is 9.11. The third kappa shape index (κ3) is 3.04. The number of hydrogen-bond donors (Lipinski definition) is 1. The first-order valence-corrected chi connectivity index (χ1v) is 6.26. The van der Waals surface area contributed by atoms with Crippen molar-refractivity contribution >= 4 is 21.6 Å². The number of nitrogens with zero attached hydrogens (tertiary/aromatic N) is 1. The van der Waals surface area contributed by atoms with Gasteiger partial charge in [0.2, 0.25) is 0 Å². The Kier molecular flexibility index (Phi) is 4.03. The van der Waals surface area contributed by atoms with Gasteiger partial charge in [-0.25, -0.2) is 4.39 Å². The lowest BCUT2D eigenvalue weighted by Crippen LogP contribution is -2.02. The Bertz CT molecular complexity index is 629. The van der Waals surface area contributed by atoms with Gasteiger partial charge in [-0.3, -0.25) is 0 Å². The smallest absolute Gasteiger partial charge is 0.157 e. The van der Waals surface area contributed by atoms with E-state index < -0.39 is 5.82 Å². The van der Waals surface area contributed by atoms with Crippen LogP contribution >= 0.6 is 15.9 Å². The van der Waals surface area contributed by atoms with Gasteiger partial charge in [-0.1, -0.05) is 18.2 Å². The number of benzene rings is 2. The van der Waals surface area contributed by atoms with E-state index in [-0.39, 0.29) is 12.3 Å². The van der Waals surface area contributed by atoms with Gasteiger partial charge in [0.05, 0.1) is 21.8 Å². The van der Waals surface area contributed by atoms with E-state index in [0.717, 1.165) is 5.56 Å². The van der Waals surface area contributed by atoms with Gasteiger partial charge in [-0.15, -0.1) is 0 Å². The lowest BCUT2D eigenvalue weighted by molar-refractivity contribution is 0.305. The molecule has 0 aliphatic heterocycles. The van der Waals surface area contributed by atoms with Crippen LogP contribution in [-0.2, 0) is 6.61 Å². The molecule has 0 fully saturated rings. The molecule has 0 atom stereocenters. The third-order valence-corrected chi connectivity index (χ3v) is 3.14. The second-order valence-corrected chi connectivity index (χ2v) is 4.72. The number of nitrogens with two attached hydrogens (primary N) is 1. The highest BCUT2D eigenvalue weighted by molar-refractivity contribution is 9.10. The van der Waals surface area contributed by atoms with E-state index in [2.05, 4.69) is 22.0 Å². The van der Waals surface area contributed by atoms with Gasteiger partial charge in [0.1, 0.15) is 12.4 Å². The van der Waals surface area contributed by atoms with Crippen molar-refractivity contribution in [2.45, 2.75) is 6.61 Å². The monoisotopic (exact) mass is 320 g/mol. The van der Waals surface area contributed by atoms with Crippen LogP contribution in [0.5, 0.6) is 5.75 Å². The number of hydrogen-bond acceptors (Lipinski definition) is 3. The van der Waals surface area contributed by atoms with Crippen molar-refractivity contribution in [1.82, 2.24) is 0 Å². The predicted octanol–water partition coefficient (Wildman–Crippen LogP) is 3.62. The third-order valence-electron chi connectivity index (χ3n) is 2.55. The van der Waals surface area contributed by atoms with Crippen LogP contribution in [0, 0.1) is 17.1 Å². The molecule has 0 aliphatic carbocycles. The zero-order chi connectivity index (χ0) is 13.8. The topological polar surface area (TPSA) is 59.0 Å². The van der Waals surface area contributed by atoms with E-state index in [1.54, 1.807) is 18.2 Å². The van der Waals surface area contributed by atoms with Crippen molar-refractivity contribution in [2.75, 3.05) is 5.73 Å². The number of ether oxygens (including phenoxy) is 1. The molecular weight excluding hydrogens is 311 g/mol. The van der Waals surface area contributed by atoms with Crippen molar-refractivity contribution in [3.05, 3.63) is 57.8 Å². The Labute approximate surface area is 118 Å². The molecule has 0 spiro atoms. The van der Waals surface area contributed by atoms with Crippen LogP contribution in [0.4, 0.5) is 10.1 Å². The van der Waals surface area contributed by atoms with Gasteiger partial charge < -0.3 is 10.5 Å².